The van der Waals surface area contributed by atoms with Gasteiger partial charge in [0.15, 0.2) is 6.61 Å². The van der Waals surface area contributed by atoms with E-state index in [2.05, 4.69) is 29.2 Å². The molecule has 144 valence electrons. The van der Waals surface area contributed by atoms with Crippen LogP contribution in [0.25, 0.3) is 10.2 Å². The van der Waals surface area contributed by atoms with E-state index in [4.69, 9.17) is 4.74 Å². The Balaban J connectivity index is 1.25. The number of hydrogen-bond acceptors (Lipinski definition) is 5. The minimum Gasteiger partial charge on any atom is -0.450 e. The van der Waals surface area contributed by atoms with Crippen LogP contribution in [0.2, 0.25) is 0 Å². The molecule has 5 nitrogen and oxygen atoms in total. The number of piperidine rings is 1. The molecule has 0 aliphatic carbocycles. The Kier molecular flexibility index (Phi) is 5.67. The molecular weight excluding hydrogens is 372 g/mol. The van der Waals surface area contributed by atoms with Crippen LogP contribution >= 0.6 is 11.3 Å². The van der Waals surface area contributed by atoms with Gasteiger partial charge in [0.1, 0.15) is 0 Å². The van der Waals surface area contributed by atoms with Gasteiger partial charge in [-0.05, 0) is 42.9 Å². The highest BCUT2D eigenvalue weighted by Crippen LogP contribution is 2.23. The topological polar surface area (TPSA) is 59.5 Å². The summed E-state index contributed by atoms with van der Waals surface area (Å²) in [6, 6.07) is 18.0. The second-order valence-electron chi connectivity index (χ2n) is 7.08. The van der Waals surface area contributed by atoms with Gasteiger partial charge in [-0.15, -0.1) is 11.3 Å². The predicted octanol–water partition coefficient (Wildman–Crippen LogP) is 3.93. The molecule has 1 aliphatic heterocycles. The number of nitrogens with zero attached hydrogens (tertiary/aromatic N) is 2. The molecule has 0 saturated carbocycles. The van der Waals surface area contributed by atoms with Crippen molar-refractivity contribution in [1.29, 1.82) is 0 Å². The molecule has 0 radical (unpaired) electrons. The quantitative estimate of drug-likeness (QED) is 0.615. The number of aromatic nitrogens is 1. The Morgan fingerprint density at radius 3 is 2.50 bits per heavy atom. The van der Waals surface area contributed by atoms with Crippen LogP contribution in [0.5, 0.6) is 0 Å². The minimum absolute atomic E-state index is 0.132. The zero-order valence-electron chi connectivity index (χ0n) is 15.5. The monoisotopic (exact) mass is 394 g/mol. The molecule has 1 fully saturated rings. The first-order valence-corrected chi connectivity index (χ1v) is 10.3. The minimum atomic E-state index is -0.534. The Morgan fingerprint density at radius 1 is 1.04 bits per heavy atom. The van der Waals surface area contributed by atoms with Gasteiger partial charge in [-0.1, -0.05) is 42.5 Å². The third kappa shape index (κ3) is 4.39. The van der Waals surface area contributed by atoms with E-state index >= 15 is 0 Å². The maximum atomic E-state index is 12.4. The first-order chi connectivity index (χ1) is 13.7. The van der Waals surface area contributed by atoms with E-state index < -0.39 is 5.97 Å². The summed E-state index contributed by atoms with van der Waals surface area (Å²) in [7, 11) is 0. The lowest BCUT2D eigenvalue weighted by atomic mass is 9.90. The number of rotatable bonds is 5. The number of hydrogen-bond donors (Lipinski definition) is 0. The number of para-hydroxylation sites is 1. The van der Waals surface area contributed by atoms with Crippen molar-refractivity contribution >= 4 is 33.4 Å². The van der Waals surface area contributed by atoms with Gasteiger partial charge in [0.05, 0.1) is 10.2 Å². The summed E-state index contributed by atoms with van der Waals surface area (Å²) in [6.45, 7) is 1.21. The number of likely N-dealkylation sites (tertiary alicyclic amines) is 1. The van der Waals surface area contributed by atoms with Crippen LogP contribution in [0.1, 0.15) is 28.2 Å². The molecule has 0 atom stereocenters. The summed E-state index contributed by atoms with van der Waals surface area (Å²) in [6.07, 6.45) is 3.01. The van der Waals surface area contributed by atoms with E-state index in [0.717, 1.165) is 42.6 Å². The van der Waals surface area contributed by atoms with Crippen LogP contribution in [0.4, 0.5) is 0 Å². The van der Waals surface area contributed by atoms with E-state index in [1.165, 1.54) is 16.9 Å². The van der Waals surface area contributed by atoms with Gasteiger partial charge in [0.25, 0.3) is 5.91 Å². The standard InChI is InChI=1S/C22H22N2O3S/c25-20(15-27-22(26)21-23-18-8-4-5-9-19(18)28-21)24-12-10-17(11-13-24)14-16-6-2-1-3-7-16/h1-9,17H,10-15H2. The van der Waals surface area contributed by atoms with Crippen molar-refractivity contribution in [3.63, 3.8) is 0 Å². The highest BCUT2D eigenvalue weighted by molar-refractivity contribution is 7.20. The van der Waals surface area contributed by atoms with Crippen LogP contribution < -0.4 is 0 Å². The lowest BCUT2D eigenvalue weighted by Gasteiger charge is -2.32. The fourth-order valence-electron chi connectivity index (χ4n) is 3.57. The van der Waals surface area contributed by atoms with Crippen molar-refractivity contribution in [2.45, 2.75) is 19.3 Å². The Labute approximate surface area is 168 Å². The van der Waals surface area contributed by atoms with Crippen molar-refractivity contribution in [3.05, 3.63) is 65.2 Å². The molecule has 28 heavy (non-hydrogen) atoms. The smallest absolute Gasteiger partial charge is 0.367 e. The molecule has 6 heteroatoms. The number of ether oxygens (including phenoxy) is 1. The average molecular weight is 394 g/mol. The van der Waals surface area contributed by atoms with Gasteiger partial charge in [0, 0.05) is 13.1 Å². The summed E-state index contributed by atoms with van der Waals surface area (Å²) >= 11 is 1.28. The molecule has 0 unspecified atom stereocenters. The molecule has 0 bridgehead atoms. The van der Waals surface area contributed by atoms with Crippen LogP contribution in [0.3, 0.4) is 0 Å². The van der Waals surface area contributed by atoms with E-state index in [1.54, 1.807) is 4.90 Å². The average Bonchev–Trinajstić information content (AvgIpc) is 3.17. The summed E-state index contributed by atoms with van der Waals surface area (Å²) in [5.74, 6) is -0.0714. The molecule has 2 heterocycles. The first-order valence-electron chi connectivity index (χ1n) is 9.53. The summed E-state index contributed by atoms with van der Waals surface area (Å²) < 4.78 is 6.14. The van der Waals surface area contributed by atoms with Crippen LogP contribution in [-0.2, 0) is 16.0 Å². The van der Waals surface area contributed by atoms with E-state index in [-0.39, 0.29) is 17.5 Å². The lowest BCUT2D eigenvalue weighted by Crippen LogP contribution is -2.41. The van der Waals surface area contributed by atoms with Gasteiger partial charge in [0.2, 0.25) is 5.01 Å². The number of benzene rings is 2. The van der Waals surface area contributed by atoms with E-state index in [0.29, 0.717) is 5.92 Å². The second kappa shape index (κ2) is 8.52. The van der Waals surface area contributed by atoms with Gasteiger partial charge < -0.3 is 9.64 Å². The van der Waals surface area contributed by atoms with Crippen LogP contribution in [-0.4, -0.2) is 41.5 Å². The van der Waals surface area contributed by atoms with Gasteiger partial charge in [-0.2, -0.15) is 0 Å². The van der Waals surface area contributed by atoms with Crippen LogP contribution in [0, 0.1) is 5.92 Å². The van der Waals surface area contributed by atoms with Crippen LogP contribution in [0.15, 0.2) is 54.6 Å². The van der Waals surface area contributed by atoms with Gasteiger partial charge >= 0.3 is 5.97 Å². The number of thiazole rings is 1. The molecule has 1 aliphatic rings. The second-order valence-corrected chi connectivity index (χ2v) is 8.11. The molecule has 2 aromatic carbocycles. The summed E-state index contributed by atoms with van der Waals surface area (Å²) in [5.41, 5.74) is 2.11. The van der Waals surface area contributed by atoms with Crippen molar-refractivity contribution in [1.82, 2.24) is 9.88 Å². The summed E-state index contributed by atoms with van der Waals surface area (Å²) in [5, 5.41) is 0.288. The molecule has 1 amide bonds. The third-order valence-electron chi connectivity index (χ3n) is 5.13. The Hall–Kier alpha value is -2.73. The molecular formula is C22H22N2O3S. The third-order valence-corrected chi connectivity index (χ3v) is 6.15. The maximum absolute atomic E-state index is 12.4. The van der Waals surface area contributed by atoms with Crippen molar-refractivity contribution < 1.29 is 14.3 Å². The number of amides is 1. The molecule has 1 saturated heterocycles. The van der Waals surface area contributed by atoms with E-state index in [1.807, 2.05) is 30.3 Å². The van der Waals surface area contributed by atoms with Gasteiger partial charge in [-0.3, -0.25) is 4.79 Å². The molecule has 1 aromatic heterocycles. The number of carbonyl (C=O) groups is 2. The fraction of sp³-hybridized carbons (Fsp3) is 0.318. The normalized spacial score (nSPS) is 14.9. The van der Waals surface area contributed by atoms with Gasteiger partial charge in [-0.25, -0.2) is 9.78 Å². The lowest BCUT2D eigenvalue weighted by molar-refractivity contribution is -0.135. The van der Waals surface area contributed by atoms with Crippen molar-refractivity contribution in [2.24, 2.45) is 5.92 Å². The number of esters is 1. The highest BCUT2D eigenvalue weighted by Gasteiger charge is 2.24. The maximum Gasteiger partial charge on any atom is 0.367 e. The fourth-order valence-corrected chi connectivity index (χ4v) is 4.43. The van der Waals surface area contributed by atoms with E-state index in [9.17, 15) is 9.59 Å². The van der Waals surface area contributed by atoms with Crippen molar-refractivity contribution in [3.8, 4) is 0 Å². The first kappa shape index (κ1) is 18.6. The number of fused-ring (bicyclic) bond motifs is 1. The Bertz CT molecular complexity index is 929. The SMILES string of the molecule is O=C(OCC(=O)N1CCC(Cc2ccccc2)CC1)c1nc2ccccc2s1. The zero-order valence-corrected chi connectivity index (χ0v) is 16.4. The summed E-state index contributed by atoms with van der Waals surface area (Å²) in [4.78, 5) is 30.7. The Morgan fingerprint density at radius 2 is 1.75 bits per heavy atom. The number of carbonyl (C=O) groups excluding carboxylic acids is 2. The molecule has 0 spiro atoms. The van der Waals surface area contributed by atoms with Crippen molar-refractivity contribution in [2.75, 3.05) is 19.7 Å². The highest BCUT2D eigenvalue weighted by atomic mass is 32.1. The molecule has 0 N–H and O–H groups in total. The predicted molar refractivity (Wildman–Crippen MR) is 109 cm³/mol. The molecule has 4 rings (SSSR count). The largest absolute Gasteiger partial charge is 0.450 e. The zero-order chi connectivity index (χ0) is 19.3. The molecule has 3 aromatic rings.